The van der Waals surface area contributed by atoms with Crippen molar-refractivity contribution in [2.75, 3.05) is 13.1 Å². The fourth-order valence-corrected chi connectivity index (χ4v) is 2.56. The summed E-state index contributed by atoms with van der Waals surface area (Å²) >= 11 is 0. The Hall–Kier alpha value is -0.830. The van der Waals surface area contributed by atoms with Crippen molar-refractivity contribution in [1.82, 2.24) is 15.1 Å². The van der Waals surface area contributed by atoms with Gasteiger partial charge >= 0.3 is 0 Å². The van der Waals surface area contributed by atoms with E-state index < -0.39 is 0 Å². The van der Waals surface area contributed by atoms with Crippen molar-refractivity contribution in [1.29, 1.82) is 0 Å². The van der Waals surface area contributed by atoms with Crippen LogP contribution in [-0.4, -0.2) is 22.9 Å². The van der Waals surface area contributed by atoms with Gasteiger partial charge in [-0.25, -0.2) is 0 Å². The summed E-state index contributed by atoms with van der Waals surface area (Å²) in [7, 11) is 0. The molecule has 1 aliphatic heterocycles. The molecule has 0 radical (unpaired) electrons. The molecule has 90 valence electrons. The van der Waals surface area contributed by atoms with E-state index in [0.717, 1.165) is 37.7 Å². The molecule has 1 fully saturated rings. The Balaban J connectivity index is 2.19. The van der Waals surface area contributed by atoms with Gasteiger partial charge in [0.15, 0.2) is 0 Å². The van der Waals surface area contributed by atoms with Crippen LogP contribution >= 0.6 is 0 Å². The van der Waals surface area contributed by atoms with Crippen LogP contribution < -0.4 is 5.32 Å². The molecule has 1 aromatic rings. The third-order valence-electron chi connectivity index (χ3n) is 4.00. The first-order valence-corrected chi connectivity index (χ1v) is 6.31. The smallest absolute Gasteiger partial charge is 0.0596 e. The van der Waals surface area contributed by atoms with E-state index in [4.69, 9.17) is 0 Å². The van der Waals surface area contributed by atoms with Gasteiger partial charge in [-0.1, -0.05) is 13.8 Å². The highest BCUT2D eigenvalue weighted by atomic mass is 15.3. The van der Waals surface area contributed by atoms with Crippen molar-refractivity contribution in [2.45, 2.75) is 40.7 Å². The van der Waals surface area contributed by atoms with Crippen molar-refractivity contribution in [3.8, 4) is 0 Å². The van der Waals surface area contributed by atoms with Crippen LogP contribution in [-0.2, 0) is 13.0 Å². The Labute approximate surface area is 98.2 Å². The summed E-state index contributed by atoms with van der Waals surface area (Å²) in [5.41, 5.74) is 3.00. The van der Waals surface area contributed by atoms with Gasteiger partial charge in [-0.3, -0.25) is 4.68 Å². The van der Waals surface area contributed by atoms with Crippen molar-refractivity contribution in [2.24, 2.45) is 11.3 Å². The molecule has 0 bridgehead atoms. The first-order chi connectivity index (χ1) is 7.57. The summed E-state index contributed by atoms with van der Waals surface area (Å²) in [6, 6.07) is 2.24. The largest absolute Gasteiger partial charge is 0.315 e. The lowest BCUT2D eigenvalue weighted by molar-refractivity contribution is 0.0965. The van der Waals surface area contributed by atoms with Gasteiger partial charge in [0.1, 0.15) is 0 Å². The fraction of sp³-hybridized carbons (Fsp3) is 0.769. The number of hydrogen-bond acceptors (Lipinski definition) is 2. The van der Waals surface area contributed by atoms with E-state index in [-0.39, 0.29) is 0 Å². The van der Waals surface area contributed by atoms with Crippen LogP contribution in [0.3, 0.4) is 0 Å². The molecule has 16 heavy (non-hydrogen) atoms. The Morgan fingerprint density at radius 1 is 1.50 bits per heavy atom. The Morgan fingerprint density at radius 2 is 2.19 bits per heavy atom. The third kappa shape index (κ3) is 1.88. The second-order valence-corrected chi connectivity index (χ2v) is 5.39. The molecular weight excluding hydrogens is 198 g/mol. The molecule has 1 aromatic heterocycles. The summed E-state index contributed by atoms with van der Waals surface area (Å²) in [5.74, 6) is 0.731. The number of hydrogen-bond donors (Lipinski definition) is 1. The van der Waals surface area contributed by atoms with Gasteiger partial charge in [0.2, 0.25) is 0 Å². The molecule has 0 amide bonds. The molecule has 3 nitrogen and oxygen atoms in total. The van der Waals surface area contributed by atoms with Crippen LogP contribution in [0.25, 0.3) is 0 Å². The SMILES string of the molecule is CCn1nc(C)cc1CC1(C(C)C)CNC1. The van der Waals surface area contributed by atoms with E-state index in [1.807, 2.05) is 0 Å². The van der Waals surface area contributed by atoms with Crippen molar-refractivity contribution < 1.29 is 0 Å². The molecule has 2 heterocycles. The van der Waals surface area contributed by atoms with Gasteiger partial charge in [-0.15, -0.1) is 0 Å². The maximum atomic E-state index is 4.53. The average molecular weight is 221 g/mol. The van der Waals surface area contributed by atoms with Crippen LogP contribution in [0, 0.1) is 18.3 Å². The molecule has 1 N–H and O–H groups in total. The van der Waals surface area contributed by atoms with Gasteiger partial charge in [0.25, 0.3) is 0 Å². The molecule has 1 saturated heterocycles. The second kappa shape index (κ2) is 4.21. The van der Waals surface area contributed by atoms with Gasteiger partial charge < -0.3 is 5.32 Å². The molecule has 0 aliphatic carbocycles. The van der Waals surface area contributed by atoms with Crippen LogP contribution in [0.5, 0.6) is 0 Å². The molecule has 0 unspecified atom stereocenters. The van der Waals surface area contributed by atoms with E-state index in [9.17, 15) is 0 Å². The van der Waals surface area contributed by atoms with E-state index in [1.165, 1.54) is 5.69 Å². The minimum absolute atomic E-state index is 0.458. The predicted octanol–water partition coefficient (Wildman–Crippen LogP) is 2.00. The molecule has 0 aromatic carbocycles. The summed E-state index contributed by atoms with van der Waals surface area (Å²) in [6.07, 6.45) is 1.16. The highest BCUT2D eigenvalue weighted by molar-refractivity contribution is 5.14. The van der Waals surface area contributed by atoms with Crippen molar-refractivity contribution >= 4 is 0 Å². The quantitative estimate of drug-likeness (QED) is 0.843. The topological polar surface area (TPSA) is 29.9 Å². The monoisotopic (exact) mass is 221 g/mol. The molecule has 2 rings (SSSR count). The zero-order valence-electron chi connectivity index (χ0n) is 10.9. The van der Waals surface area contributed by atoms with Crippen LogP contribution in [0.2, 0.25) is 0 Å². The Kier molecular flexibility index (Phi) is 3.06. The predicted molar refractivity (Wildman–Crippen MR) is 66.5 cm³/mol. The highest BCUT2D eigenvalue weighted by Gasteiger charge is 2.40. The third-order valence-corrected chi connectivity index (χ3v) is 4.00. The van der Waals surface area contributed by atoms with Crippen LogP contribution in [0.4, 0.5) is 0 Å². The van der Waals surface area contributed by atoms with Gasteiger partial charge in [0.05, 0.1) is 5.69 Å². The maximum absolute atomic E-state index is 4.53. The number of aryl methyl sites for hydroxylation is 2. The highest BCUT2D eigenvalue weighted by Crippen LogP contribution is 2.35. The summed E-state index contributed by atoms with van der Waals surface area (Å²) in [4.78, 5) is 0. The lowest BCUT2D eigenvalue weighted by Crippen LogP contribution is -2.57. The van der Waals surface area contributed by atoms with Gasteiger partial charge in [-0.2, -0.15) is 5.10 Å². The summed E-state index contributed by atoms with van der Waals surface area (Å²) in [6.45, 7) is 12.2. The van der Waals surface area contributed by atoms with E-state index in [2.05, 4.69) is 48.9 Å². The van der Waals surface area contributed by atoms with E-state index in [0.29, 0.717) is 5.41 Å². The Morgan fingerprint density at radius 3 is 2.62 bits per heavy atom. The molecule has 0 atom stereocenters. The minimum Gasteiger partial charge on any atom is -0.315 e. The number of rotatable bonds is 4. The molecule has 0 saturated carbocycles. The zero-order valence-corrected chi connectivity index (χ0v) is 10.9. The van der Waals surface area contributed by atoms with Gasteiger partial charge in [-0.05, 0) is 32.3 Å². The second-order valence-electron chi connectivity index (χ2n) is 5.39. The minimum atomic E-state index is 0.458. The molecular formula is C13H23N3. The van der Waals surface area contributed by atoms with E-state index in [1.54, 1.807) is 0 Å². The lowest BCUT2D eigenvalue weighted by Gasteiger charge is -2.46. The van der Waals surface area contributed by atoms with Gasteiger partial charge in [0, 0.05) is 30.7 Å². The van der Waals surface area contributed by atoms with E-state index >= 15 is 0 Å². The van der Waals surface area contributed by atoms with Crippen molar-refractivity contribution in [3.63, 3.8) is 0 Å². The Bertz CT molecular complexity index is 361. The summed E-state index contributed by atoms with van der Waals surface area (Å²) < 4.78 is 2.15. The number of aromatic nitrogens is 2. The standard InChI is InChI=1S/C13H23N3/c1-5-16-12(6-11(4)15-16)7-13(10(2)3)8-14-9-13/h6,10,14H,5,7-9H2,1-4H3. The molecule has 0 spiro atoms. The fourth-order valence-electron chi connectivity index (χ4n) is 2.56. The summed E-state index contributed by atoms with van der Waals surface area (Å²) in [5, 5.41) is 7.95. The average Bonchev–Trinajstić information content (AvgIpc) is 2.51. The maximum Gasteiger partial charge on any atom is 0.0596 e. The molecule has 3 heteroatoms. The zero-order chi connectivity index (χ0) is 11.8. The van der Waals surface area contributed by atoms with Crippen LogP contribution in [0.15, 0.2) is 6.07 Å². The van der Waals surface area contributed by atoms with Crippen molar-refractivity contribution in [3.05, 3.63) is 17.5 Å². The van der Waals surface area contributed by atoms with Crippen LogP contribution in [0.1, 0.15) is 32.2 Å². The first-order valence-electron chi connectivity index (χ1n) is 6.31. The normalized spacial score (nSPS) is 18.8. The molecule has 1 aliphatic rings. The number of nitrogens with zero attached hydrogens (tertiary/aromatic N) is 2. The number of nitrogens with one attached hydrogen (secondary N) is 1. The first kappa shape index (κ1) is 11.6. The lowest BCUT2D eigenvalue weighted by atomic mass is 9.69.